The summed E-state index contributed by atoms with van der Waals surface area (Å²) in [7, 11) is 0. The maximum absolute atomic E-state index is 12.2. The second-order valence-corrected chi connectivity index (χ2v) is 14.4. The first-order valence-electron chi connectivity index (χ1n) is 20.2. The Bertz CT molecular complexity index is 1050. The van der Waals surface area contributed by atoms with Crippen molar-refractivity contribution >= 4 is 27.9 Å². The molecule has 0 aromatic heterocycles. The van der Waals surface area contributed by atoms with Crippen molar-refractivity contribution < 1.29 is 33.3 Å². The Morgan fingerprint density at radius 3 is 1.35 bits per heavy atom. The highest BCUT2D eigenvalue weighted by molar-refractivity contribution is 9.09. The number of esters is 2. The zero-order chi connectivity index (χ0) is 37.8. The molecule has 0 saturated carbocycles. The number of hydrogen-bond acceptors (Lipinski definition) is 7. The summed E-state index contributed by atoms with van der Waals surface area (Å²) < 4.78 is 26.5. The van der Waals surface area contributed by atoms with Gasteiger partial charge >= 0.3 is 11.9 Å². The molecule has 1 aliphatic rings. The third-order valence-electron chi connectivity index (χ3n) is 8.89. The molecule has 0 amide bonds. The second-order valence-electron chi connectivity index (χ2n) is 13.6. The molecule has 2 aromatic rings. The first-order chi connectivity index (χ1) is 25.5. The van der Waals surface area contributed by atoms with Crippen LogP contribution in [-0.4, -0.2) is 56.9 Å². The largest absolute Gasteiger partial charge is 0.465 e. The van der Waals surface area contributed by atoms with Crippen LogP contribution in [0.1, 0.15) is 141 Å². The second kappa shape index (κ2) is 34.5. The van der Waals surface area contributed by atoms with Crippen molar-refractivity contribution in [3.8, 4) is 0 Å². The van der Waals surface area contributed by atoms with Crippen molar-refractivity contribution in [1.82, 2.24) is 0 Å². The fourth-order valence-electron chi connectivity index (χ4n) is 5.66. The van der Waals surface area contributed by atoms with E-state index in [0.29, 0.717) is 13.0 Å². The van der Waals surface area contributed by atoms with Crippen molar-refractivity contribution in [3.63, 3.8) is 0 Å². The molecule has 7 nitrogen and oxygen atoms in total. The fourth-order valence-corrected chi connectivity index (χ4v) is 6.05. The summed E-state index contributed by atoms with van der Waals surface area (Å²) in [4.78, 5) is 24.5. The Morgan fingerprint density at radius 2 is 0.981 bits per heavy atom. The Balaban J connectivity index is 0.000000493. The molecule has 0 bridgehead atoms. The van der Waals surface area contributed by atoms with Crippen LogP contribution in [0.4, 0.5) is 0 Å². The van der Waals surface area contributed by atoms with Gasteiger partial charge in [-0.05, 0) is 70.4 Å². The van der Waals surface area contributed by atoms with E-state index in [-0.39, 0.29) is 13.2 Å². The minimum absolute atomic E-state index is 0.267. The predicted octanol–water partition coefficient (Wildman–Crippen LogP) is 11.6. The number of rotatable bonds is 27. The zero-order valence-corrected chi connectivity index (χ0v) is 34.5. The smallest absolute Gasteiger partial charge is 0.323 e. The Hall–Kier alpha value is -2.26. The van der Waals surface area contributed by atoms with Gasteiger partial charge in [0.1, 0.15) is 0 Å². The molecule has 3 rings (SSSR count). The monoisotopic (exact) mass is 790 g/mol. The number of hydrogen-bond donors (Lipinski definition) is 0. The van der Waals surface area contributed by atoms with E-state index in [2.05, 4.69) is 52.3 Å². The lowest BCUT2D eigenvalue weighted by molar-refractivity contribution is -0.171. The molecule has 1 heterocycles. The fraction of sp³-hybridized carbons (Fsp3) is 0.682. The average Bonchev–Trinajstić information content (AvgIpc) is 3.77. The summed E-state index contributed by atoms with van der Waals surface area (Å²) in [6.45, 7) is 10.8. The molecule has 296 valence electrons. The highest BCUT2D eigenvalue weighted by Gasteiger charge is 2.43. The Labute approximate surface area is 325 Å². The Kier molecular flexibility index (Phi) is 31.7. The molecule has 0 radical (unpaired) electrons. The van der Waals surface area contributed by atoms with Crippen LogP contribution in [0.2, 0.25) is 0 Å². The minimum Gasteiger partial charge on any atom is -0.465 e. The third kappa shape index (κ3) is 25.7. The highest BCUT2D eigenvalue weighted by atomic mass is 79.9. The van der Waals surface area contributed by atoms with Crippen LogP contribution in [0.5, 0.6) is 0 Å². The third-order valence-corrected chi connectivity index (χ3v) is 9.45. The summed E-state index contributed by atoms with van der Waals surface area (Å²) in [5, 5.41) is 1.15. The van der Waals surface area contributed by atoms with Crippen LogP contribution in [0, 0.1) is 5.41 Å². The van der Waals surface area contributed by atoms with Gasteiger partial charge in [-0.1, -0.05) is 147 Å². The van der Waals surface area contributed by atoms with E-state index in [1.165, 1.54) is 75.3 Å². The van der Waals surface area contributed by atoms with Gasteiger partial charge in [0, 0.05) is 31.8 Å². The number of ether oxygens (including phenoxy) is 5. The van der Waals surface area contributed by atoms with Gasteiger partial charge in [-0.3, -0.25) is 9.59 Å². The van der Waals surface area contributed by atoms with E-state index in [4.69, 9.17) is 23.7 Å². The van der Waals surface area contributed by atoms with Crippen molar-refractivity contribution in [2.24, 2.45) is 5.41 Å². The Morgan fingerprint density at radius 1 is 0.596 bits per heavy atom. The van der Waals surface area contributed by atoms with Gasteiger partial charge in [-0.15, -0.1) is 0 Å². The van der Waals surface area contributed by atoms with Gasteiger partial charge in [-0.2, -0.15) is 0 Å². The number of carbonyl (C=O) groups excluding carboxylic acids is 2. The summed E-state index contributed by atoms with van der Waals surface area (Å²) in [5.41, 5.74) is 1.29. The lowest BCUT2D eigenvalue weighted by Gasteiger charge is -2.24. The molecular formula is C44H71BrO7. The highest BCUT2D eigenvalue weighted by Crippen LogP contribution is 2.29. The van der Waals surface area contributed by atoms with Crippen LogP contribution < -0.4 is 0 Å². The van der Waals surface area contributed by atoms with E-state index in [0.717, 1.165) is 76.9 Å². The van der Waals surface area contributed by atoms with Crippen LogP contribution in [0.15, 0.2) is 60.7 Å². The van der Waals surface area contributed by atoms with E-state index < -0.39 is 17.4 Å². The molecule has 0 aliphatic carbocycles. The minimum atomic E-state index is -1.19. The molecular weight excluding hydrogens is 720 g/mol. The molecule has 52 heavy (non-hydrogen) atoms. The van der Waals surface area contributed by atoms with Crippen molar-refractivity contribution in [2.45, 2.75) is 143 Å². The maximum Gasteiger partial charge on any atom is 0.323 e. The zero-order valence-electron chi connectivity index (χ0n) is 32.9. The van der Waals surface area contributed by atoms with Gasteiger partial charge < -0.3 is 23.7 Å². The molecule has 1 fully saturated rings. The number of alkyl halides is 1. The normalized spacial score (nSPS) is 12.3. The van der Waals surface area contributed by atoms with Gasteiger partial charge in [0.25, 0.3) is 0 Å². The molecule has 8 heteroatoms. The first kappa shape index (κ1) is 47.8. The van der Waals surface area contributed by atoms with Gasteiger partial charge in [0.2, 0.25) is 0 Å². The van der Waals surface area contributed by atoms with E-state index in [1.807, 2.05) is 24.3 Å². The molecule has 0 unspecified atom stereocenters. The summed E-state index contributed by atoms with van der Waals surface area (Å²) in [5.74, 6) is -0.956. The summed E-state index contributed by atoms with van der Waals surface area (Å²) in [6.07, 6.45) is 19.9. The predicted molar refractivity (Wildman–Crippen MR) is 217 cm³/mol. The number of unbranched alkanes of at least 4 members (excludes halogenated alkanes) is 12. The van der Waals surface area contributed by atoms with Gasteiger partial charge in [0.05, 0.1) is 26.4 Å². The SMILES string of the molecule is BrCCCCCCCCCOCc1ccccc1.C1CCOC1.CCOC(=O)C(C)(CCCCCCCCCOCc1ccccc1)C(=O)OCC. The average molecular weight is 792 g/mol. The van der Waals surface area contributed by atoms with Crippen molar-refractivity contribution in [3.05, 3.63) is 71.8 Å². The summed E-state index contributed by atoms with van der Waals surface area (Å²) >= 11 is 3.46. The summed E-state index contributed by atoms with van der Waals surface area (Å²) in [6, 6.07) is 20.6. The lowest BCUT2D eigenvalue weighted by atomic mass is 9.84. The van der Waals surface area contributed by atoms with Crippen molar-refractivity contribution in [1.29, 1.82) is 0 Å². The number of benzene rings is 2. The van der Waals surface area contributed by atoms with E-state index in [9.17, 15) is 9.59 Å². The molecule has 1 aliphatic heterocycles. The molecule has 0 N–H and O–H groups in total. The molecule has 1 saturated heterocycles. The van der Waals surface area contributed by atoms with Crippen molar-refractivity contribution in [2.75, 3.05) is 45.0 Å². The molecule has 0 spiro atoms. The van der Waals surface area contributed by atoms with Crippen LogP contribution >= 0.6 is 15.9 Å². The van der Waals surface area contributed by atoms with Gasteiger partial charge in [-0.25, -0.2) is 0 Å². The topological polar surface area (TPSA) is 80.3 Å². The molecule has 0 atom stereocenters. The number of halogens is 1. The van der Waals surface area contributed by atoms with Gasteiger partial charge in [0.15, 0.2) is 5.41 Å². The van der Waals surface area contributed by atoms with Crippen LogP contribution in [-0.2, 0) is 46.5 Å². The van der Waals surface area contributed by atoms with E-state index >= 15 is 0 Å². The number of carbonyl (C=O) groups is 2. The lowest BCUT2D eigenvalue weighted by Crippen LogP contribution is -2.39. The van der Waals surface area contributed by atoms with Crippen LogP contribution in [0.25, 0.3) is 0 Å². The van der Waals surface area contributed by atoms with Crippen LogP contribution in [0.3, 0.4) is 0 Å². The standard InChI is InChI=1S/C24H38O5.C16H25BrO.C4H8O/c1-4-28-22(25)24(3,23(26)29-5-2)18-14-9-7-6-8-10-15-19-27-20-21-16-12-11-13-17-21;17-13-9-4-2-1-3-5-10-14-18-15-16-11-7-6-8-12-16;1-2-4-5-3-1/h11-13,16-17H,4-10,14-15,18-20H2,1-3H3;6-8,11-12H,1-5,9-10,13-15H2;1-4H2. The quantitative estimate of drug-likeness (QED) is 0.0386. The maximum atomic E-state index is 12.2. The van der Waals surface area contributed by atoms with E-state index in [1.54, 1.807) is 20.8 Å². The first-order valence-corrected chi connectivity index (χ1v) is 21.3. The molecule has 2 aromatic carbocycles.